The maximum Gasteiger partial charge on any atom is 0.273 e. The number of thiophene rings is 1. The van der Waals surface area contributed by atoms with Gasteiger partial charge in [-0.15, -0.1) is 11.3 Å². The number of nitrogens with zero attached hydrogens (tertiary/aromatic N) is 1. The van der Waals surface area contributed by atoms with E-state index in [9.17, 15) is 13.2 Å². The number of anilines is 1. The fourth-order valence-electron chi connectivity index (χ4n) is 2.11. The number of thioether (sulfide) groups is 1. The molecule has 9 heteroatoms. The molecule has 1 aliphatic rings. The highest BCUT2D eigenvalue weighted by Gasteiger charge is 2.19. The Kier molecular flexibility index (Phi) is 5.22. The van der Waals surface area contributed by atoms with Crippen molar-refractivity contribution in [2.75, 3.05) is 16.2 Å². The van der Waals surface area contributed by atoms with Gasteiger partial charge >= 0.3 is 0 Å². The lowest BCUT2D eigenvalue weighted by Gasteiger charge is -2.10. The van der Waals surface area contributed by atoms with Gasteiger partial charge in [-0.25, -0.2) is 13.8 Å². The van der Waals surface area contributed by atoms with E-state index in [0.29, 0.717) is 0 Å². The van der Waals surface area contributed by atoms with E-state index in [2.05, 4.69) is 15.2 Å². The van der Waals surface area contributed by atoms with Gasteiger partial charge in [0.05, 0.1) is 11.3 Å². The molecule has 6 nitrogen and oxygen atoms in total. The lowest BCUT2D eigenvalue weighted by atomic mass is 10.2. The Bertz CT molecular complexity index is 853. The summed E-state index contributed by atoms with van der Waals surface area (Å²) < 4.78 is 27.3. The van der Waals surface area contributed by atoms with Crippen molar-refractivity contribution in [1.29, 1.82) is 0 Å². The molecule has 24 heavy (non-hydrogen) atoms. The predicted octanol–water partition coefficient (Wildman–Crippen LogP) is 2.77. The molecule has 3 rings (SSSR count). The summed E-state index contributed by atoms with van der Waals surface area (Å²) in [6.07, 6.45) is 0.859. The molecule has 0 aliphatic carbocycles. The first-order valence-electron chi connectivity index (χ1n) is 7.15. The van der Waals surface area contributed by atoms with E-state index in [4.69, 9.17) is 0 Å². The van der Waals surface area contributed by atoms with Crippen LogP contribution < -0.4 is 10.1 Å². The summed E-state index contributed by atoms with van der Waals surface area (Å²) in [6, 6.07) is 9.63. The van der Waals surface area contributed by atoms with E-state index in [-0.39, 0.29) is 15.5 Å². The Morgan fingerprint density at radius 2 is 2.00 bits per heavy atom. The van der Waals surface area contributed by atoms with Crippen LogP contribution in [0.25, 0.3) is 0 Å². The van der Waals surface area contributed by atoms with Crippen molar-refractivity contribution in [3.05, 3.63) is 47.3 Å². The second-order valence-corrected chi connectivity index (χ2v) is 8.97. The molecule has 1 aliphatic heterocycles. The minimum atomic E-state index is -3.71. The summed E-state index contributed by atoms with van der Waals surface area (Å²) in [4.78, 5) is 12.3. The van der Waals surface area contributed by atoms with E-state index in [0.717, 1.165) is 35.0 Å². The van der Waals surface area contributed by atoms with Crippen LogP contribution in [0, 0.1) is 0 Å². The molecule has 0 spiro atoms. The molecular weight excluding hydrogens is 366 g/mol. The van der Waals surface area contributed by atoms with Crippen molar-refractivity contribution in [3.63, 3.8) is 0 Å². The van der Waals surface area contributed by atoms with Crippen molar-refractivity contribution in [3.8, 4) is 0 Å². The molecular formula is C15H15N3O3S3. The lowest BCUT2D eigenvalue weighted by Crippen LogP contribution is -2.22. The fraction of sp³-hybridized carbons (Fsp3) is 0.200. The highest BCUT2D eigenvalue weighted by Crippen LogP contribution is 2.23. The number of hydrogen-bond donors (Lipinski definition) is 2. The van der Waals surface area contributed by atoms with E-state index in [1.807, 2.05) is 0 Å². The zero-order valence-electron chi connectivity index (χ0n) is 12.6. The normalized spacial score (nSPS) is 16.2. The van der Waals surface area contributed by atoms with Gasteiger partial charge in [0.15, 0.2) is 0 Å². The number of hydrogen-bond acceptors (Lipinski definition) is 6. The summed E-state index contributed by atoms with van der Waals surface area (Å²) >= 11 is 2.88. The van der Waals surface area contributed by atoms with Crippen molar-refractivity contribution in [2.24, 2.45) is 5.10 Å². The number of hydrazone groups is 1. The Hall–Kier alpha value is -1.84. The van der Waals surface area contributed by atoms with Crippen LogP contribution in [-0.2, 0) is 10.0 Å². The van der Waals surface area contributed by atoms with Crippen LogP contribution in [0.4, 0.5) is 5.69 Å². The molecule has 2 N–H and O–H groups in total. The maximum absolute atomic E-state index is 12.3. The number of carbonyl (C=O) groups is 1. The Labute approximate surface area is 148 Å². The number of amides is 1. The van der Waals surface area contributed by atoms with Gasteiger partial charge in [-0.1, -0.05) is 18.2 Å². The predicted molar refractivity (Wildman–Crippen MR) is 98.4 cm³/mol. The molecule has 2 aromatic rings. The monoisotopic (exact) mass is 381 g/mol. The van der Waals surface area contributed by atoms with Crippen LogP contribution >= 0.6 is 23.1 Å². The molecule has 0 unspecified atom stereocenters. The van der Waals surface area contributed by atoms with Crippen LogP contribution in [0.2, 0.25) is 0 Å². The van der Waals surface area contributed by atoms with Gasteiger partial charge in [-0.05, 0) is 35.8 Å². The van der Waals surface area contributed by atoms with Gasteiger partial charge < -0.3 is 0 Å². The number of nitrogens with one attached hydrogen (secondary N) is 2. The van der Waals surface area contributed by atoms with E-state index >= 15 is 0 Å². The summed E-state index contributed by atoms with van der Waals surface area (Å²) in [5, 5.41) is 5.79. The third kappa shape index (κ3) is 3.97. The van der Waals surface area contributed by atoms with Gasteiger partial charge in [0.2, 0.25) is 0 Å². The van der Waals surface area contributed by atoms with Crippen LogP contribution in [0.15, 0.2) is 51.1 Å². The van der Waals surface area contributed by atoms with Crippen LogP contribution in [0.1, 0.15) is 16.8 Å². The first-order valence-corrected chi connectivity index (χ1v) is 10.7. The highest BCUT2D eigenvalue weighted by atomic mass is 32.2. The average Bonchev–Trinajstić information content (AvgIpc) is 3.26. The average molecular weight is 382 g/mol. The molecule has 1 saturated heterocycles. The summed E-state index contributed by atoms with van der Waals surface area (Å²) in [5.41, 5.74) is 3.90. The number of rotatable bonds is 5. The highest BCUT2D eigenvalue weighted by molar-refractivity contribution is 8.00. The third-order valence-corrected chi connectivity index (χ3v) is 7.09. The summed E-state index contributed by atoms with van der Waals surface area (Å²) in [6.45, 7) is 0. The van der Waals surface area contributed by atoms with Gasteiger partial charge in [0.25, 0.3) is 15.9 Å². The molecule has 1 aromatic carbocycles. The van der Waals surface area contributed by atoms with Gasteiger partial charge in [0, 0.05) is 11.5 Å². The Morgan fingerprint density at radius 1 is 1.17 bits per heavy atom. The van der Waals surface area contributed by atoms with E-state index in [1.54, 1.807) is 47.5 Å². The molecule has 0 bridgehead atoms. The first kappa shape index (κ1) is 17.0. The molecule has 126 valence electrons. The number of sulfonamides is 1. The summed E-state index contributed by atoms with van der Waals surface area (Å²) in [7, 11) is -3.71. The van der Waals surface area contributed by atoms with Gasteiger partial charge in [0.1, 0.15) is 4.21 Å². The Balaban J connectivity index is 1.80. The minimum Gasteiger partial charge on any atom is -0.278 e. The zero-order chi connectivity index (χ0) is 17.0. The number of benzene rings is 1. The van der Waals surface area contributed by atoms with Crippen molar-refractivity contribution in [2.45, 2.75) is 10.6 Å². The largest absolute Gasteiger partial charge is 0.278 e. The molecule has 1 aromatic heterocycles. The molecule has 0 radical (unpaired) electrons. The molecule has 0 saturated carbocycles. The Morgan fingerprint density at radius 3 is 2.71 bits per heavy atom. The van der Waals surface area contributed by atoms with Crippen LogP contribution in [0.5, 0.6) is 0 Å². The topological polar surface area (TPSA) is 87.6 Å². The molecule has 1 amide bonds. The third-order valence-electron chi connectivity index (χ3n) is 3.30. The summed E-state index contributed by atoms with van der Waals surface area (Å²) in [5.74, 6) is 1.38. The fourth-order valence-corrected chi connectivity index (χ4v) is 5.15. The van der Waals surface area contributed by atoms with Gasteiger partial charge in [-0.3, -0.25) is 9.52 Å². The van der Waals surface area contributed by atoms with Crippen molar-refractivity contribution < 1.29 is 13.2 Å². The van der Waals surface area contributed by atoms with Crippen LogP contribution in [-0.4, -0.2) is 31.5 Å². The van der Waals surface area contributed by atoms with E-state index in [1.165, 1.54) is 6.07 Å². The smallest absolute Gasteiger partial charge is 0.273 e. The van der Waals surface area contributed by atoms with Crippen molar-refractivity contribution in [1.82, 2.24) is 5.43 Å². The zero-order valence-corrected chi connectivity index (χ0v) is 15.0. The molecule has 0 atom stereocenters. The lowest BCUT2D eigenvalue weighted by molar-refractivity contribution is 0.0955. The standard InChI is InChI=1S/C15H15N3O3S3/c19-15(17-16-11-7-9-22-10-11)12-4-1-2-5-13(12)18-24(20,21)14-6-3-8-23-14/h1-6,8,18H,7,9-10H2,(H,17,19)/b16-11+. The van der Waals surface area contributed by atoms with E-state index < -0.39 is 15.9 Å². The first-order chi connectivity index (χ1) is 11.6. The second kappa shape index (κ2) is 7.37. The molecule has 2 heterocycles. The van der Waals surface area contributed by atoms with Gasteiger partial charge in [-0.2, -0.15) is 16.9 Å². The quantitative estimate of drug-likeness (QED) is 0.780. The minimum absolute atomic E-state index is 0.195. The number of carbonyl (C=O) groups excluding carboxylic acids is 1. The number of para-hydroxylation sites is 1. The van der Waals surface area contributed by atoms with Crippen molar-refractivity contribution >= 4 is 50.4 Å². The molecule has 1 fully saturated rings. The van der Waals surface area contributed by atoms with Crippen LogP contribution in [0.3, 0.4) is 0 Å². The SMILES string of the molecule is O=C(N/N=C1\CCSC1)c1ccccc1NS(=O)(=O)c1cccs1. The maximum atomic E-state index is 12.3. The second-order valence-electron chi connectivity index (χ2n) is 5.00.